The van der Waals surface area contributed by atoms with Crippen LogP contribution in [-0.2, 0) is 13.0 Å². The molecule has 3 rings (SSSR count). The Kier molecular flexibility index (Phi) is 7.42. The minimum absolute atomic E-state index is 0.786. The zero-order valence-corrected chi connectivity index (χ0v) is 17.8. The van der Waals surface area contributed by atoms with Crippen LogP contribution < -0.4 is 10.2 Å². The van der Waals surface area contributed by atoms with Crippen LogP contribution in [0.2, 0.25) is 10.0 Å². The molecule has 0 spiro atoms. The Labute approximate surface area is 173 Å². The van der Waals surface area contributed by atoms with Crippen molar-refractivity contribution in [1.82, 2.24) is 10.2 Å². The average molecular weight is 406 g/mol. The summed E-state index contributed by atoms with van der Waals surface area (Å²) in [6.07, 6.45) is 2.18. The van der Waals surface area contributed by atoms with Crippen molar-refractivity contribution in [2.24, 2.45) is 0 Å². The fourth-order valence-electron chi connectivity index (χ4n) is 3.64. The number of hydrogen-bond donors (Lipinski definition) is 1. The van der Waals surface area contributed by atoms with Gasteiger partial charge in [0.15, 0.2) is 0 Å². The molecule has 0 atom stereocenters. The van der Waals surface area contributed by atoms with E-state index in [4.69, 9.17) is 23.2 Å². The van der Waals surface area contributed by atoms with Gasteiger partial charge in [-0.15, -0.1) is 0 Å². The van der Waals surface area contributed by atoms with E-state index in [-0.39, 0.29) is 0 Å². The van der Waals surface area contributed by atoms with Crippen molar-refractivity contribution < 1.29 is 0 Å². The summed E-state index contributed by atoms with van der Waals surface area (Å²) in [7, 11) is 2.19. The predicted molar refractivity (Wildman–Crippen MR) is 117 cm³/mol. The Bertz CT molecular complexity index is 738. The predicted octanol–water partition coefficient (Wildman–Crippen LogP) is 4.78. The van der Waals surface area contributed by atoms with Crippen LogP contribution in [0.4, 0.5) is 5.69 Å². The second-order valence-corrected chi connectivity index (χ2v) is 8.29. The monoisotopic (exact) mass is 405 g/mol. The van der Waals surface area contributed by atoms with Crippen LogP contribution in [0.1, 0.15) is 23.1 Å². The lowest BCUT2D eigenvalue weighted by Crippen LogP contribution is -2.44. The van der Waals surface area contributed by atoms with E-state index in [2.05, 4.69) is 53.4 Å². The highest BCUT2D eigenvalue weighted by Crippen LogP contribution is 2.30. The highest BCUT2D eigenvalue weighted by atomic mass is 35.5. The number of halogens is 2. The van der Waals surface area contributed by atoms with Crippen LogP contribution in [0.5, 0.6) is 0 Å². The van der Waals surface area contributed by atoms with E-state index < -0.39 is 0 Å². The number of nitrogens with zero attached hydrogens (tertiary/aromatic N) is 2. The third kappa shape index (κ3) is 5.86. The Hall–Kier alpha value is -1.26. The third-order valence-electron chi connectivity index (χ3n) is 5.28. The van der Waals surface area contributed by atoms with Gasteiger partial charge >= 0.3 is 0 Å². The van der Waals surface area contributed by atoms with Gasteiger partial charge in [0, 0.05) is 48.5 Å². The molecule has 1 N–H and O–H groups in total. The van der Waals surface area contributed by atoms with E-state index >= 15 is 0 Å². The number of rotatable bonds is 7. The number of likely N-dealkylation sites (N-methyl/N-ethyl adjacent to an activating group) is 1. The number of anilines is 1. The van der Waals surface area contributed by atoms with Crippen molar-refractivity contribution in [1.29, 1.82) is 0 Å². The molecule has 2 aromatic rings. The average Bonchev–Trinajstić information content (AvgIpc) is 2.65. The summed E-state index contributed by atoms with van der Waals surface area (Å²) in [5.74, 6) is 0. The van der Waals surface area contributed by atoms with Crippen molar-refractivity contribution in [3.63, 3.8) is 0 Å². The van der Waals surface area contributed by atoms with Gasteiger partial charge in [-0.2, -0.15) is 0 Å². The molecule has 3 nitrogen and oxygen atoms in total. The Morgan fingerprint density at radius 1 is 0.963 bits per heavy atom. The molecule has 1 fully saturated rings. The zero-order chi connectivity index (χ0) is 19.2. The van der Waals surface area contributed by atoms with Crippen molar-refractivity contribution >= 4 is 28.9 Å². The highest BCUT2D eigenvalue weighted by Gasteiger charge is 2.18. The second-order valence-electron chi connectivity index (χ2n) is 7.42. The quantitative estimate of drug-likeness (QED) is 0.668. The molecule has 1 heterocycles. The van der Waals surface area contributed by atoms with Gasteiger partial charge in [0.2, 0.25) is 0 Å². The van der Waals surface area contributed by atoms with Crippen LogP contribution in [0, 0.1) is 6.92 Å². The van der Waals surface area contributed by atoms with Crippen molar-refractivity contribution in [3.8, 4) is 0 Å². The van der Waals surface area contributed by atoms with E-state index in [0.29, 0.717) is 0 Å². The molecular weight excluding hydrogens is 377 g/mol. The van der Waals surface area contributed by atoms with E-state index in [1.54, 1.807) is 0 Å². The molecule has 2 aromatic carbocycles. The molecule has 0 unspecified atom stereocenters. The first kappa shape index (κ1) is 20.5. The molecule has 0 amide bonds. The fraction of sp³-hybridized carbons (Fsp3) is 0.455. The van der Waals surface area contributed by atoms with Gasteiger partial charge in [-0.05, 0) is 74.3 Å². The molecule has 1 aliphatic rings. The van der Waals surface area contributed by atoms with Crippen molar-refractivity contribution in [2.45, 2.75) is 26.3 Å². The Morgan fingerprint density at radius 3 is 2.37 bits per heavy atom. The maximum atomic E-state index is 6.37. The summed E-state index contributed by atoms with van der Waals surface area (Å²) in [5.41, 5.74) is 5.33. The molecule has 5 heteroatoms. The van der Waals surface area contributed by atoms with Crippen LogP contribution in [0.3, 0.4) is 0 Å². The van der Waals surface area contributed by atoms with Gasteiger partial charge in [-0.25, -0.2) is 0 Å². The van der Waals surface area contributed by atoms with Crippen LogP contribution in [-0.4, -0.2) is 44.7 Å². The Morgan fingerprint density at radius 2 is 1.67 bits per heavy atom. The summed E-state index contributed by atoms with van der Waals surface area (Å²) >= 11 is 12.3. The largest absolute Gasteiger partial charge is 0.369 e. The van der Waals surface area contributed by atoms with Crippen LogP contribution >= 0.6 is 23.2 Å². The van der Waals surface area contributed by atoms with Crippen LogP contribution in [0.25, 0.3) is 0 Å². The summed E-state index contributed by atoms with van der Waals surface area (Å²) < 4.78 is 0. The van der Waals surface area contributed by atoms with E-state index in [9.17, 15) is 0 Å². The maximum Gasteiger partial charge on any atom is 0.0429 e. The Balaban J connectivity index is 1.56. The summed E-state index contributed by atoms with van der Waals surface area (Å²) in [6, 6.07) is 12.3. The van der Waals surface area contributed by atoms with Crippen LogP contribution in [0.15, 0.2) is 36.4 Å². The lowest BCUT2D eigenvalue weighted by atomic mass is 10.00. The number of nitrogens with one attached hydrogen (secondary N) is 1. The van der Waals surface area contributed by atoms with E-state index in [1.165, 1.54) is 22.4 Å². The molecule has 0 aliphatic carbocycles. The maximum absolute atomic E-state index is 6.37. The lowest BCUT2D eigenvalue weighted by Gasteiger charge is -2.35. The first-order valence-electron chi connectivity index (χ1n) is 9.70. The van der Waals surface area contributed by atoms with Gasteiger partial charge in [-0.1, -0.05) is 35.3 Å². The summed E-state index contributed by atoms with van der Waals surface area (Å²) in [4.78, 5) is 4.88. The standard InChI is InChI=1S/C22H29Cl2N3/c1-17-14-20(24)15-22(27-12-10-26(2)11-13-27)21(17)4-3-9-25-16-18-5-7-19(23)8-6-18/h5-8,14-15,25H,3-4,9-13,16H2,1-2H3. The lowest BCUT2D eigenvalue weighted by molar-refractivity contribution is 0.312. The molecule has 0 aromatic heterocycles. The molecule has 27 heavy (non-hydrogen) atoms. The highest BCUT2D eigenvalue weighted by molar-refractivity contribution is 6.31. The molecule has 146 valence electrons. The SMILES string of the molecule is Cc1cc(Cl)cc(N2CCN(C)CC2)c1CCCNCc1ccc(Cl)cc1. The minimum atomic E-state index is 0.786. The first-order valence-corrected chi connectivity index (χ1v) is 10.5. The molecule has 0 saturated carbocycles. The van der Waals surface area contributed by atoms with Gasteiger partial charge in [0.05, 0.1) is 0 Å². The fourth-order valence-corrected chi connectivity index (χ4v) is 4.03. The van der Waals surface area contributed by atoms with E-state index in [1.807, 2.05) is 12.1 Å². The number of aryl methyl sites for hydroxylation is 1. The summed E-state index contributed by atoms with van der Waals surface area (Å²) in [6.45, 7) is 8.40. The molecule has 0 bridgehead atoms. The first-order chi connectivity index (χ1) is 13.0. The third-order valence-corrected chi connectivity index (χ3v) is 5.75. The van der Waals surface area contributed by atoms with Gasteiger partial charge in [-0.3, -0.25) is 0 Å². The van der Waals surface area contributed by atoms with E-state index in [0.717, 1.165) is 62.2 Å². The molecule has 1 saturated heterocycles. The second kappa shape index (κ2) is 9.79. The number of hydrogen-bond acceptors (Lipinski definition) is 3. The minimum Gasteiger partial charge on any atom is -0.369 e. The zero-order valence-electron chi connectivity index (χ0n) is 16.3. The van der Waals surface area contributed by atoms with Gasteiger partial charge < -0.3 is 15.1 Å². The normalized spacial score (nSPS) is 15.3. The molecule has 1 aliphatic heterocycles. The van der Waals surface area contributed by atoms with Gasteiger partial charge in [0.25, 0.3) is 0 Å². The van der Waals surface area contributed by atoms with Crippen molar-refractivity contribution in [2.75, 3.05) is 44.7 Å². The number of piperazine rings is 1. The molecular formula is C22H29Cl2N3. The smallest absolute Gasteiger partial charge is 0.0429 e. The summed E-state index contributed by atoms with van der Waals surface area (Å²) in [5, 5.41) is 5.16. The topological polar surface area (TPSA) is 18.5 Å². The van der Waals surface area contributed by atoms with Crippen molar-refractivity contribution in [3.05, 3.63) is 63.1 Å². The van der Waals surface area contributed by atoms with Gasteiger partial charge in [0.1, 0.15) is 0 Å². The molecule has 0 radical (unpaired) electrons. The number of benzene rings is 2.